The Labute approximate surface area is 137 Å². The van der Waals surface area contributed by atoms with Crippen LogP contribution in [0.3, 0.4) is 0 Å². The Morgan fingerprint density at radius 3 is 2.73 bits per heavy atom. The van der Waals surface area contributed by atoms with Crippen molar-refractivity contribution in [2.75, 3.05) is 26.2 Å². The fraction of sp³-hybridized carbons (Fsp3) is 0.357. The van der Waals surface area contributed by atoms with Gasteiger partial charge in [-0.2, -0.15) is 0 Å². The van der Waals surface area contributed by atoms with Crippen molar-refractivity contribution in [1.29, 1.82) is 0 Å². The predicted molar refractivity (Wildman–Crippen MR) is 92.3 cm³/mol. The zero-order chi connectivity index (χ0) is 16.4. The molecular weight excluding hydrogens is 322 g/mol. The van der Waals surface area contributed by atoms with Gasteiger partial charge in [0.25, 0.3) is 5.97 Å². The predicted octanol–water partition coefficient (Wildman–Crippen LogP) is 2.37. The summed E-state index contributed by atoms with van der Waals surface area (Å²) < 4.78 is 2.08. The van der Waals surface area contributed by atoms with E-state index in [-0.39, 0.29) is 6.61 Å². The molecule has 22 heavy (non-hydrogen) atoms. The van der Waals surface area contributed by atoms with Gasteiger partial charge in [-0.15, -0.1) is 11.3 Å². The van der Waals surface area contributed by atoms with Gasteiger partial charge in [-0.1, -0.05) is 12.1 Å². The Morgan fingerprint density at radius 1 is 1.50 bits per heavy atom. The van der Waals surface area contributed by atoms with Crippen LogP contribution in [0.25, 0.3) is 10.2 Å². The lowest BCUT2D eigenvalue weighted by molar-refractivity contribution is -0.134. The number of nitrogens with zero attached hydrogens (tertiary/aromatic N) is 2. The summed E-state index contributed by atoms with van der Waals surface area (Å²) in [5.74, 6) is -0.833. The summed E-state index contributed by atoms with van der Waals surface area (Å²) in [4.78, 5) is 18.1. The minimum atomic E-state index is -0.833. The first-order chi connectivity index (χ1) is 10.5. The molecule has 0 bridgehead atoms. The van der Waals surface area contributed by atoms with Crippen molar-refractivity contribution in [1.82, 2.24) is 9.88 Å². The first kappa shape index (κ1) is 18.3. The van der Waals surface area contributed by atoms with E-state index in [1.54, 1.807) is 17.7 Å². The van der Waals surface area contributed by atoms with Gasteiger partial charge < -0.3 is 20.1 Å². The van der Waals surface area contributed by atoms with Gasteiger partial charge in [0.2, 0.25) is 0 Å². The van der Waals surface area contributed by atoms with Gasteiger partial charge in [0.05, 0.1) is 29.7 Å². The number of rotatable bonds is 2. The van der Waals surface area contributed by atoms with Crippen LogP contribution in [0, 0.1) is 3.95 Å². The van der Waals surface area contributed by atoms with E-state index in [0.717, 1.165) is 36.0 Å². The molecular formula is C14H19N3O3S2. The molecule has 1 aliphatic heterocycles. The molecule has 0 unspecified atom stereocenters. The maximum absolute atomic E-state index is 9.00. The molecule has 3 rings (SSSR count). The van der Waals surface area contributed by atoms with Crippen LogP contribution in [0.2, 0.25) is 0 Å². The number of nitrogens with one attached hydrogen (secondary N) is 1. The zero-order valence-corrected chi connectivity index (χ0v) is 13.9. The number of aliphatic imine (C=N–C) groups is 1. The SMILES string of the molecule is CC(=O)O.OCCN1C=NCC1.S=c1[nH]c2ccccc2s1. The zero-order valence-electron chi connectivity index (χ0n) is 12.2. The second-order valence-corrected chi connectivity index (χ2v) is 6.03. The van der Waals surface area contributed by atoms with Gasteiger partial charge in [0.15, 0.2) is 3.95 Å². The van der Waals surface area contributed by atoms with E-state index in [9.17, 15) is 0 Å². The summed E-state index contributed by atoms with van der Waals surface area (Å²) in [5.41, 5.74) is 1.14. The Bertz CT molecular complexity index is 626. The summed E-state index contributed by atoms with van der Waals surface area (Å²) in [6.07, 6.45) is 1.79. The van der Waals surface area contributed by atoms with Gasteiger partial charge in [-0.25, -0.2) is 0 Å². The highest BCUT2D eigenvalue weighted by atomic mass is 32.1. The van der Waals surface area contributed by atoms with E-state index < -0.39 is 5.97 Å². The number of aliphatic hydroxyl groups is 1. The molecule has 0 amide bonds. The second kappa shape index (κ2) is 10.0. The molecule has 1 aromatic heterocycles. The topological polar surface area (TPSA) is 88.9 Å². The van der Waals surface area contributed by atoms with Crippen molar-refractivity contribution < 1.29 is 15.0 Å². The number of carboxylic acid groups (broad SMARTS) is 1. The lowest BCUT2D eigenvalue weighted by atomic mass is 10.3. The van der Waals surface area contributed by atoms with Crippen molar-refractivity contribution in [3.8, 4) is 0 Å². The summed E-state index contributed by atoms with van der Waals surface area (Å²) in [6.45, 7) is 3.90. The smallest absolute Gasteiger partial charge is 0.300 e. The lowest BCUT2D eigenvalue weighted by Gasteiger charge is -2.09. The number of benzene rings is 1. The average molecular weight is 341 g/mol. The van der Waals surface area contributed by atoms with Crippen LogP contribution in [0.4, 0.5) is 0 Å². The van der Waals surface area contributed by atoms with Gasteiger partial charge in [-0.3, -0.25) is 9.79 Å². The van der Waals surface area contributed by atoms with Crippen LogP contribution in [0.5, 0.6) is 0 Å². The van der Waals surface area contributed by atoms with Gasteiger partial charge in [0, 0.05) is 20.0 Å². The van der Waals surface area contributed by atoms with Crippen molar-refractivity contribution in [2.45, 2.75) is 6.92 Å². The van der Waals surface area contributed by atoms with Crippen LogP contribution in [-0.4, -0.2) is 58.6 Å². The maximum Gasteiger partial charge on any atom is 0.300 e. The number of aliphatic hydroxyl groups excluding tert-OH is 1. The van der Waals surface area contributed by atoms with Gasteiger partial charge >= 0.3 is 0 Å². The molecule has 0 spiro atoms. The number of fused-ring (bicyclic) bond motifs is 1. The number of aromatic nitrogens is 1. The molecule has 0 radical (unpaired) electrons. The highest BCUT2D eigenvalue weighted by molar-refractivity contribution is 7.73. The minimum Gasteiger partial charge on any atom is -0.481 e. The van der Waals surface area contributed by atoms with E-state index in [2.05, 4.69) is 16.0 Å². The molecule has 2 heterocycles. The molecule has 1 aliphatic rings. The number of thiazole rings is 1. The molecule has 0 atom stereocenters. The van der Waals surface area contributed by atoms with Crippen LogP contribution in [0.15, 0.2) is 29.3 Å². The van der Waals surface area contributed by atoms with Crippen LogP contribution < -0.4 is 0 Å². The van der Waals surface area contributed by atoms with Crippen molar-refractivity contribution in [2.24, 2.45) is 4.99 Å². The van der Waals surface area contributed by atoms with Crippen LogP contribution in [0.1, 0.15) is 6.92 Å². The number of H-pyrrole nitrogens is 1. The summed E-state index contributed by atoms with van der Waals surface area (Å²) in [5, 5.41) is 15.8. The molecule has 0 saturated heterocycles. The average Bonchev–Trinajstić information content (AvgIpc) is 3.07. The third kappa shape index (κ3) is 7.30. The van der Waals surface area contributed by atoms with Gasteiger partial charge in [0.1, 0.15) is 0 Å². The second-order valence-electron chi connectivity index (χ2n) is 4.31. The molecule has 0 fully saturated rings. The summed E-state index contributed by atoms with van der Waals surface area (Å²) in [6, 6.07) is 8.11. The van der Waals surface area contributed by atoms with Crippen LogP contribution >= 0.6 is 23.6 Å². The highest BCUT2D eigenvalue weighted by Crippen LogP contribution is 2.17. The number of β-amino-alcohol motifs (C(OH)–C–C–N with tert-alkyl or cyclic N) is 1. The molecule has 1 aromatic carbocycles. The quantitative estimate of drug-likeness (QED) is 0.730. The number of hydrogen-bond acceptors (Lipinski definition) is 6. The third-order valence-corrected chi connectivity index (χ3v) is 3.69. The number of aliphatic carboxylic acids is 1. The Hall–Kier alpha value is -1.77. The van der Waals surface area contributed by atoms with E-state index in [1.807, 2.05) is 23.1 Å². The van der Waals surface area contributed by atoms with E-state index in [1.165, 1.54) is 4.70 Å². The van der Waals surface area contributed by atoms with E-state index >= 15 is 0 Å². The number of para-hydroxylation sites is 1. The first-order valence-electron chi connectivity index (χ1n) is 6.65. The van der Waals surface area contributed by atoms with E-state index in [4.69, 9.17) is 27.2 Å². The third-order valence-electron chi connectivity index (χ3n) is 2.47. The Balaban J connectivity index is 0.000000182. The summed E-state index contributed by atoms with van der Waals surface area (Å²) in [7, 11) is 0. The van der Waals surface area contributed by atoms with Crippen molar-refractivity contribution in [3.63, 3.8) is 0 Å². The Kier molecular flexibility index (Phi) is 8.34. The molecule has 6 nitrogen and oxygen atoms in total. The summed E-state index contributed by atoms with van der Waals surface area (Å²) >= 11 is 6.59. The molecule has 120 valence electrons. The van der Waals surface area contributed by atoms with Gasteiger partial charge in [-0.05, 0) is 24.4 Å². The maximum atomic E-state index is 9.00. The number of carboxylic acids is 1. The fourth-order valence-corrected chi connectivity index (χ4v) is 2.73. The monoisotopic (exact) mass is 341 g/mol. The van der Waals surface area contributed by atoms with E-state index in [0.29, 0.717) is 0 Å². The molecule has 3 N–H and O–H groups in total. The normalized spacial score (nSPS) is 12.4. The number of hydrogen-bond donors (Lipinski definition) is 3. The molecule has 8 heteroatoms. The molecule has 0 aliphatic carbocycles. The standard InChI is InChI=1S/C7H5NS2.C5H10N2O.C2H4O2/c9-7-8-5-3-1-2-4-6(5)10-7;8-4-3-7-2-1-6-5-7;1-2(3)4/h1-4H,(H,8,9);5,8H,1-4H2;1H3,(H,3,4). The molecule has 0 saturated carbocycles. The van der Waals surface area contributed by atoms with Crippen LogP contribution in [-0.2, 0) is 4.79 Å². The number of aromatic amines is 1. The first-order valence-corrected chi connectivity index (χ1v) is 7.87. The molecule has 2 aromatic rings. The largest absolute Gasteiger partial charge is 0.481 e. The van der Waals surface area contributed by atoms with Crippen molar-refractivity contribution in [3.05, 3.63) is 28.2 Å². The Morgan fingerprint density at radius 2 is 2.18 bits per heavy atom. The van der Waals surface area contributed by atoms with Crippen molar-refractivity contribution >= 4 is 46.1 Å². The number of carbonyl (C=O) groups is 1. The minimum absolute atomic E-state index is 0.228. The highest BCUT2D eigenvalue weighted by Gasteiger charge is 2.01. The fourth-order valence-electron chi connectivity index (χ4n) is 1.61. The lowest BCUT2D eigenvalue weighted by Crippen LogP contribution is -2.22.